The lowest BCUT2D eigenvalue weighted by molar-refractivity contribution is -0.119. The van der Waals surface area contributed by atoms with Gasteiger partial charge in [-0.15, -0.1) is 0 Å². The molecule has 164 valence electrons. The van der Waals surface area contributed by atoms with Gasteiger partial charge in [0.05, 0.1) is 12.9 Å². The first-order valence-electron chi connectivity index (χ1n) is 10.2. The van der Waals surface area contributed by atoms with Crippen LogP contribution < -0.4 is 9.46 Å². The second kappa shape index (κ2) is 11.7. The SMILES string of the molecule is CC(C)N(CCCOc1ccc(Cc2ccccc2)cc1)CCC(=O)NS(C)(=O)=O. The van der Waals surface area contributed by atoms with Gasteiger partial charge in [0, 0.05) is 25.6 Å². The van der Waals surface area contributed by atoms with Gasteiger partial charge in [0.2, 0.25) is 15.9 Å². The minimum absolute atomic E-state index is 0.148. The number of amides is 1. The highest BCUT2D eigenvalue weighted by Crippen LogP contribution is 2.15. The average molecular weight is 433 g/mol. The fourth-order valence-corrected chi connectivity index (χ4v) is 3.64. The highest BCUT2D eigenvalue weighted by Gasteiger charge is 2.13. The van der Waals surface area contributed by atoms with Gasteiger partial charge < -0.3 is 9.64 Å². The van der Waals surface area contributed by atoms with Crippen LogP contribution in [0.4, 0.5) is 0 Å². The molecule has 1 N–H and O–H groups in total. The van der Waals surface area contributed by atoms with Crippen LogP contribution in [0.1, 0.15) is 37.8 Å². The molecule has 6 nitrogen and oxygen atoms in total. The average Bonchev–Trinajstić information content (AvgIpc) is 2.68. The van der Waals surface area contributed by atoms with Crippen molar-refractivity contribution in [2.45, 2.75) is 39.2 Å². The summed E-state index contributed by atoms with van der Waals surface area (Å²) < 4.78 is 30.1. The molecule has 7 heteroatoms. The van der Waals surface area contributed by atoms with Crippen molar-refractivity contribution in [2.75, 3.05) is 26.0 Å². The second-order valence-corrected chi connectivity index (χ2v) is 9.43. The Morgan fingerprint density at radius 2 is 1.63 bits per heavy atom. The fraction of sp³-hybridized carbons (Fsp3) is 0.435. The summed E-state index contributed by atoms with van der Waals surface area (Å²) in [6.07, 6.45) is 2.85. The van der Waals surface area contributed by atoms with Gasteiger partial charge in [-0.3, -0.25) is 9.52 Å². The molecule has 0 radical (unpaired) electrons. The number of hydrogen-bond acceptors (Lipinski definition) is 5. The number of carbonyl (C=O) groups excluding carboxylic acids is 1. The molecule has 0 spiro atoms. The molecule has 0 bridgehead atoms. The Balaban J connectivity index is 1.72. The lowest BCUT2D eigenvalue weighted by Crippen LogP contribution is -2.37. The Morgan fingerprint density at radius 3 is 2.23 bits per heavy atom. The number of benzene rings is 2. The summed E-state index contributed by atoms with van der Waals surface area (Å²) in [4.78, 5) is 13.8. The van der Waals surface area contributed by atoms with Crippen LogP contribution in [-0.4, -0.2) is 51.2 Å². The van der Waals surface area contributed by atoms with E-state index in [2.05, 4.69) is 43.0 Å². The van der Waals surface area contributed by atoms with Gasteiger partial charge in [-0.05, 0) is 49.9 Å². The Labute approximate surface area is 180 Å². The van der Waals surface area contributed by atoms with Crippen molar-refractivity contribution >= 4 is 15.9 Å². The maximum Gasteiger partial charge on any atom is 0.234 e. The van der Waals surface area contributed by atoms with Crippen LogP contribution in [0, 0.1) is 0 Å². The Morgan fingerprint density at radius 1 is 1.00 bits per heavy atom. The molecule has 0 aliphatic heterocycles. The van der Waals surface area contributed by atoms with Crippen molar-refractivity contribution in [3.8, 4) is 5.75 Å². The monoisotopic (exact) mass is 432 g/mol. The van der Waals surface area contributed by atoms with Crippen molar-refractivity contribution < 1.29 is 17.9 Å². The summed E-state index contributed by atoms with van der Waals surface area (Å²) in [5.74, 6) is 0.366. The molecule has 0 unspecified atom stereocenters. The number of carbonyl (C=O) groups is 1. The maximum atomic E-state index is 11.7. The molecule has 0 fully saturated rings. The van der Waals surface area contributed by atoms with Gasteiger partial charge in [0.1, 0.15) is 5.75 Å². The Hall–Kier alpha value is -2.38. The maximum absolute atomic E-state index is 11.7. The quantitative estimate of drug-likeness (QED) is 0.521. The molecule has 1 amide bonds. The van der Waals surface area contributed by atoms with Crippen molar-refractivity contribution in [3.05, 3.63) is 65.7 Å². The topological polar surface area (TPSA) is 75.7 Å². The van der Waals surface area contributed by atoms with E-state index in [0.29, 0.717) is 13.2 Å². The largest absolute Gasteiger partial charge is 0.494 e. The van der Waals surface area contributed by atoms with E-state index in [-0.39, 0.29) is 12.5 Å². The van der Waals surface area contributed by atoms with Crippen LogP contribution in [0.3, 0.4) is 0 Å². The number of nitrogens with one attached hydrogen (secondary N) is 1. The van der Waals surface area contributed by atoms with Crippen LogP contribution in [0.2, 0.25) is 0 Å². The fourth-order valence-electron chi connectivity index (χ4n) is 3.12. The number of rotatable bonds is 12. The van der Waals surface area contributed by atoms with Crippen molar-refractivity contribution in [3.63, 3.8) is 0 Å². The first-order valence-corrected chi connectivity index (χ1v) is 12.1. The van der Waals surface area contributed by atoms with Crippen LogP contribution in [0.15, 0.2) is 54.6 Å². The molecule has 30 heavy (non-hydrogen) atoms. The van der Waals surface area contributed by atoms with Crippen LogP contribution in [0.25, 0.3) is 0 Å². The summed E-state index contributed by atoms with van der Waals surface area (Å²) in [5, 5.41) is 0. The van der Waals surface area contributed by atoms with Crippen molar-refractivity contribution in [1.29, 1.82) is 0 Å². The predicted octanol–water partition coefficient (Wildman–Crippen LogP) is 3.22. The molecule has 0 atom stereocenters. The van der Waals surface area contributed by atoms with E-state index in [1.165, 1.54) is 11.1 Å². The zero-order valence-electron chi connectivity index (χ0n) is 18.0. The van der Waals surface area contributed by atoms with Crippen molar-refractivity contribution in [1.82, 2.24) is 9.62 Å². The van der Waals surface area contributed by atoms with Gasteiger partial charge in [0.25, 0.3) is 0 Å². The first-order chi connectivity index (χ1) is 14.2. The van der Waals surface area contributed by atoms with E-state index in [1.807, 2.05) is 35.1 Å². The van der Waals surface area contributed by atoms with E-state index in [1.54, 1.807) is 0 Å². The number of sulfonamides is 1. The third kappa shape index (κ3) is 9.41. The highest BCUT2D eigenvalue weighted by atomic mass is 32.2. The van der Waals surface area contributed by atoms with Gasteiger partial charge in [-0.25, -0.2) is 8.42 Å². The molecule has 0 heterocycles. The molecule has 2 aromatic carbocycles. The molecular formula is C23H32N2O4S. The lowest BCUT2D eigenvalue weighted by Gasteiger charge is -2.26. The summed E-state index contributed by atoms with van der Waals surface area (Å²) in [7, 11) is -3.50. The zero-order valence-corrected chi connectivity index (χ0v) is 18.8. The molecule has 0 saturated carbocycles. The van der Waals surface area contributed by atoms with Gasteiger partial charge in [0.15, 0.2) is 0 Å². The van der Waals surface area contributed by atoms with Gasteiger partial charge in [-0.1, -0.05) is 42.5 Å². The van der Waals surface area contributed by atoms with Crippen molar-refractivity contribution in [2.24, 2.45) is 0 Å². The summed E-state index contributed by atoms with van der Waals surface area (Å²) in [5.41, 5.74) is 2.53. The molecule has 0 aliphatic rings. The minimum atomic E-state index is -3.50. The minimum Gasteiger partial charge on any atom is -0.494 e. The smallest absolute Gasteiger partial charge is 0.234 e. The van der Waals surface area contributed by atoms with E-state index < -0.39 is 15.9 Å². The van der Waals surface area contributed by atoms with Crippen LogP contribution >= 0.6 is 0 Å². The normalized spacial score (nSPS) is 11.6. The van der Waals surface area contributed by atoms with Gasteiger partial charge in [-0.2, -0.15) is 0 Å². The highest BCUT2D eigenvalue weighted by molar-refractivity contribution is 7.89. The molecule has 2 aromatic rings. The second-order valence-electron chi connectivity index (χ2n) is 7.69. The molecule has 2 rings (SSSR count). The summed E-state index contributed by atoms with van der Waals surface area (Å²) in [6, 6.07) is 18.8. The third-order valence-corrected chi connectivity index (χ3v) is 5.29. The molecule has 0 aliphatic carbocycles. The number of hydrogen-bond donors (Lipinski definition) is 1. The van der Waals surface area contributed by atoms with E-state index in [9.17, 15) is 13.2 Å². The Bertz CT molecular complexity index is 881. The van der Waals surface area contributed by atoms with E-state index in [4.69, 9.17) is 4.74 Å². The Kier molecular flexibility index (Phi) is 9.33. The van der Waals surface area contributed by atoms with E-state index >= 15 is 0 Å². The molecule has 0 aromatic heterocycles. The summed E-state index contributed by atoms with van der Waals surface area (Å²) in [6.45, 7) is 5.97. The predicted molar refractivity (Wildman–Crippen MR) is 120 cm³/mol. The number of nitrogens with zero attached hydrogens (tertiary/aromatic N) is 1. The summed E-state index contributed by atoms with van der Waals surface area (Å²) >= 11 is 0. The van der Waals surface area contributed by atoms with Gasteiger partial charge >= 0.3 is 0 Å². The zero-order chi connectivity index (χ0) is 22.0. The third-order valence-electron chi connectivity index (χ3n) is 4.69. The van der Waals surface area contributed by atoms with E-state index in [0.717, 1.165) is 31.4 Å². The first kappa shape index (κ1) is 23.9. The standard InChI is InChI=1S/C23H32N2O4S/c1-19(2)25(16-14-23(26)24-30(3,27)28)15-7-17-29-22-12-10-21(11-13-22)18-20-8-5-4-6-9-20/h4-6,8-13,19H,7,14-18H2,1-3H3,(H,24,26). The lowest BCUT2D eigenvalue weighted by atomic mass is 10.1. The van der Waals surface area contributed by atoms with Crippen LogP contribution in [-0.2, 0) is 21.2 Å². The molecule has 0 saturated heterocycles. The molecular weight excluding hydrogens is 400 g/mol. The number of ether oxygens (including phenoxy) is 1. The van der Waals surface area contributed by atoms with Crippen LogP contribution in [0.5, 0.6) is 5.75 Å².